The molecule has 0 radical (unpaired) electrons. The zero-order valence-corrected chi connectivity index (χ0v) is 18.4. The molecule has 1 aromatic carbocycles. The van der Waals surface area contributed by atoms with Gasteiger partial charge in [-0.3, -0.25) is 9.48 Å². The number of fused-ring (bicyclic) bond motifs is 2. The number of aryl methyl sites for hydroxylation is 2. The summed E-state index contributed by atoms with van der Waals surface area (Å²) in [6.07, 6.45) is 9.69. The minimum Gasteiger partial charge on any atom is -0.346 e. The number of carbonyl (C=O) groups is 1. The molecule has 1 unspecified atom stereocenters. The molecule has 5 heterocycles. The summed E-state index contributed by atoms with van der Waals surface area (Å²) in [4.78, 5) is 22.9. The van der Waals surface area contributed by atoms with Gasteiger partial charge in [0.15, 0.2) is 0 Å². The van der Waals surface area contributed by atoms with E-state index in [1.807, 2.05) is 24.3 Å². The highest BCUT2D eigenvalue weighted by atomic mass is 16.2. The molecular weight excluding hydrogens is 400 g/mol. The van der Waals surface area contributed by atoms with Crippen LogP contribution in [0.15, 0.2) is 43.0 Å². The summed E-state index contributed by atoms with van der Waals surface area (Å²) in [6, 6.07) is 7.11. The van der Waals surface area contributed by atoms with Gasteiger partial charge in [0.2, 0.25) is 0 Å². The van der Waals surface area contributed by atoms with Crippen molar-refractivity contribution in [2.24, 2.45) is 7.05 Å². The maximum Gasteiger partial charge on any atom is 0.257 e. The third kappa shape index (κ3) is 3.12. The molecule has 0 aliphatic carbocycles. The number of amides is 1. The Hall–Kier alpha value is -3.45. The Morgan fingerprint density at radius 3 is 2.84 bits per heavy atom. The van der Waals surface area contributed by atoms with Crippen molar-refractivity contribution < 1.29 is 4.79 Å². The molecule has 1 saturated heterocycles. The third-order valence-corrected chi connectivity index (χ3v) is 6.83. The number of aromatic amines is 1. The summed E-state index contributed by atoms with van der Waals surface area (Å²) in [6.45, 7) is 4.40. The monoisotopic (exact) mass is 426 g/mol. The molecule has 2 N–H and O–H groups in total. The Bertz CT molecular complexity index is 1340. The van der Waals surface area contributed by atoms with Crippen LogP contribution in [0.3, 0.4) is 0 Å². The molecule has 1 fully saturated rings. The highest BCUT2D eigenvalue weighted by Crippen LogP contribution is 2.38. The van der Waals surface area contributed by atoms with E-state index < -0.39 is 0 Å². The number of carbonyl (C=O) groups excluding carboxylic acids is 1. The largest absolute Gasteiger partial charge is 0.346 e. The first-order chi connectivity index (χ1) is 15.6. The minimum atomic E-state index is 0.0345. The first-order valence-electron chi connectivity index (χ1n) is 11.2. The highest BCUT2D eigenvalue weighted by molar-refractivity contribution is 5.94. The first-order valence-corrected chi connectivity index (χ1v) is 11.2. The van der Waals surface area contributed by atoms with Gasteiger partial charge in [0, 0.05) is 55.7 Å². The number of H-pyrrole nitrogens is 1. The van der Waals surface area contributed by atoms with E-state index in [9.17, 15) is 4.79 Å². The number of nitrogens with one attached hydrogen (secondary N) is 2. The van der Waals surface area contributed by atoms with Gasteiger partial charge in [0.05, 0.1) is 11.8 Å². The van der Waals surface area contributed by atoms with Crippen LogP contribution in [0.5, 0.6) is 0 Å². The molecule has 2 aliphatic heterocycles. The molecule has 0 bridgehead atoms. The van der Waals surface area contributed by atoms with Crippen LogP contribution in [0, 0.1) is 6.92 Å². The molecule has 7 heteroatoms. The molecule has 0 saturated carbocycles. The second-order valence-corrected chi connectivity index (χ2v) is 9.01. The second-order valence-electron chi connectivity index (χ2n) is 9.01. The van der Waals surface area contributed by atoms with Gasteiger partial charge in [-0.15, -0.1) is 0 Å². The van der Waals surface area contributed by atoms with E-state index in [2.05, 4.69) is 45.5 Å². The van der Waals surface area contributed by atoms with Crippen molar-refractivity contribution in [3.8, 4) is 11.1 Å². The predicted molar refractivity (Wildman–Crippen MR) is 123 cm³/mol. The van der Waals surface area contributed by atoms with Crippen LogP contribution in [0.25, 0.3) is 22.2 Å². The molecule has 162 valence electrons. The number of pyridine rings is 1. The average molecular weight is 427 g/mol. The molecule has 2 aliphatic rings. The van der Waals surface area contributed by atoms with Gasteiger partial charge >= 0.3 is 0 Å². The zero-order chi connectivity index (χ0) is 21.8. The second kappa shape index (κ2) is 7.31. The topological polar surface area (TPSA) is 78.8 Å². The Morgan fingerprint density at radius 2 is 2.06 bits per heavy atom. The van der Waals surface area contributed by atoms with E-state index in [4.69, 9.17) is 0 Å². The third-order valence-electron chi connectivity index (χ3n) is 6.83. The summed E-state index contributed by atoms with van der Waals surface area (Å²) in [5.41, 5.74) is 8.87. The maximum absolute atomic E-state index is 13.1. The molecule has 7 nitrogen and oxygen atoms in total. The molecule has 4 aromatic rings. The van der Waals surface area contributed by atoms with Gasteiger partial charge in [-0.2, -0.15) is 5.10 Å². The number of benzene rings is 1. The molecular formula is C25H26N6O. The number of hydrogen-bond donors (Lipinski definition) is 2. The van der Waals surface area contributed by atoms with Crippen molar-refractivity contribution in [1.29, 1.82) is 0 Å². The Labute approximate surface area is 186 Å². The van der Waals surface area contributed by atoms with Crippen LogP contribution in [0.1, 0.15) is 51.5 Å². The van der Waals surface area contributed by atoms with E-state index in [0.717, 1.165) is 35.1 Å². The van der Waals surface area contributed by atoms with Crippen LogP contribution in [-0.4, -0.2) is 37.1 Å². The normalized spacial score (nSPS) is 17.9. The summed E-state index contributed by atoms with van der Waals surface area (Å²) in [5, 5.41) is 8.98. The SMILES string of the molecule is Cc1c[nH]c2ncc(-c3cc4c(c(C5CCCN5)c3)CN(C(=O)c3cnn(C)c3)C4)cc12. The summed E-state index contributed by atoms with van der Waals surface area (Å²) in [7, 11) is 1.84. The lowest BCUT2D eigenvalue weighted by Crippen LogP contribution is -2.25. The molecule has 32 heavy (non-hydrogen) atoms. The smallest absolute Gasteiger partial charge is 0.257 e. The number of hydrogen-bond acceptors (Lipinski definition) is 4. The summed E-state index contributed by atoms with van der Waals surface area (Å²) < 4.78 is 1.68. The van der Waals surface area contributed by atoms with Crippen LogP contribution < -0.4 is 5.32 Å². The lowest BCUT2D eigenvalue weighted by atomic mass is 9.91. The van der Waals surface area contributed by atoms with Gasteiger partial charge in [-0.05, 0) is 72.3 Å². The average Bonchev–Trinajstić information content (AvgIpc) is 3.59. The van der Waals surface area contributed by atoms with Crippen molar-refractivity contribution >= 4 is 16.9 Å². The molecule has 1 amide bonds. The fraction of sp³-hybridized carbons (Fsp3) is 0.320. The van der Waals surface area contributed by atoms with Crippen LogP contribution in [-0.2, 0) is 20.1 Å². The number of rotatable bonds is 3. The van der Waals surface area contributed by atoms with Gasteiger partial charge in [-0.1, -0.05) is 0 Å². The zero-order valence-electron chi connectivity index (χ0n) is 18.4. The van der Waals surface area contributed by atoms with Crippen LogP contribution in [0.4, 0.5) is 0 Å². The first kappa shape index (κ1) is 19.3. The molecule has 1 atom stereocenters. The quantitative estimate of drug-likeness (QED) is 0.522. The van der Waals surface area contributed by atoms with Gasteiger partial charge in [0.1, 0.15) is 5.65 Å². The van der Waals surface area contributed by atoms with E-state index in [1.165, 1.54) is 28.7 Å². The fourth-order valence-corrected chi connectivity index (χ4v) is 5.12. The fourth-order valence-electron chi connectivity index (χ4n) is 5.12. The Morgan fingerprint density at radius 1 is 1.16 bits per heavy atom. The van der Waals surface area contributed by atoms with Crippen molar-refractivity contribution in [1.82, 2.24) is 30.0 Å². The van der Waals surface area contributed by atoms with E-state index >= 15 is 0 Å². The van der Waals surface area contributed by atoms with Crippen molar-refractivity contribution in [2.75, 3.05) is 6.54 Å². The van der Waals surface area contributed by atoms with E-state index in [1.54, 1.807) is 17.1 Å². The lowest BCUT2D eigenvalue weighted by Gasteiger charge is -2.18. The van der Waals surface area contributed by atoms with Gasteiger partial charge in [-0.25, -0.2) is 4.98 Å². The minimum absolute atomic E-state index is 0.0345. The predicted octanol–water partition coefficient (Wildman–Crippen LogP) is 3.85. The Balaban J connectivity index is 1.42. The Kier molecular flexibility index (Phi) is 4.40. The number of nitrogens with zero attached hydrogens (tertiary/aromatic N) is 4. The molecule has 3 aromatic heterocycles. The van der Waals surface area contributed by atoms with E-state index in [0.29, 0.717) is 24.7 Å². The van der Waals surface area contributed by atoms with Gasteiger partial charge < -0.3 is 15.2 Å². The lowest BCUT2D eigenvalue weighted by molar-refractivity contribution is 0.0751. The van der Waals surface area contributed by atoms with Crippen molar-refractivity contribution in [2.45, 2.75) is 38.9 Å². The van der Waals surface area contributed by atoms with Crippen LogP contribution in [0.2, 0.25) is 0 Å². The number of aromatic nitrogens is 4. The van der Waals surface area contributed by atoms with Gasteiger partial charge in [0.25, 0.3) is 5.91 Å². The molecule has 0 spiro atoms. The summed E-state index contributed by atoms with van der Waals surface area (Å²) >= 11 is 0. The van der Waals surface area contributed by atoms with E-state index in [-0.39, 0.29) is 5.91 Å². The van der Waals surface area contributed by atoms with Crippen LogP contribution >= 0.6 is 0 Å². The summed E-state index contributed by atoms with van der Waals surface area (Å²) in [5.74, 6) is 0.0345. The maximum atomic E-state index is 13.1. The van der Waals surface area contributed by atoms with Crippen molar-refractivity contribution in [3.05, 3.63) is 70.8 Å². The highest BCUT2D eigenvalue weighted by Gasteiger charge is 2.30. The van der Waals surface area contributed by atoms with Crippen molar-refractivity contribution in [3.63, 3.8) is 0 Å². The standard InChI is InChI=1S/C25H26N6O/c1-15-9-27-24-20(15)8-17(10-28-24)16-6-18-13-31(25(32)19-11-29-30(2)12-19)14-22(18)21(7-16)23-4-3-5-26-23/h6-12,23,26H,3-5,13-14H2,1-2H3,(H,27,28). The molecule has 6 rings (SSSR count).